The highest BCUT2D eigenvalue weighted by Gasteiger charge is 2.07. The number of benzene rings is 1. The Morgan fingerprint density at radius 1 is 1.07 bits per heavy atom. The van der Waals surface area contributed by atoms with E-state index in [2.05, 4.69) is 13.2 Å². The molecular weight excluding hydrogens is 184 g/mol. The fourth-order valence-electron chi connectivity index (χ4n) is 1.28. The molecule has 0 radical (unpaired) electrons. The molecule has 0 spiro atoms. The lowest BCUT2D eigenvalue weighted by molar-refractivity contribution is 0.198. The van der Waals surface area contributed by atoms with E-state index >= 15 is 0 Å². The van der Waals surface area contributed by atoms with Crippen LogP contribution in [0.1, 0.15) is 5.56 Å². The third-order valence-electron chi connectivity index (χ3n) is 2.22. The van der Waals surface area contributed by atoms with Gasteiger partial charge >= 0.3 is 0 Å². The summed E-state index contributed by atoms with van der Waals surface area (Å²) in [6.45, 7) is 7.29. The molecule has 0 saturated carbocycles. The second-order valence-electron chi connectivity index (χ2n) is 3.31. The van der Waals surface area contributed by atoms with E-state index in [4.69, 9.17) is 0 Å². The summed E-state index contributed by atoms with van der Waals surface area (Å²) in [5.74, 6) is -0.0926. The molecule has 1 aromatic rings. The average molecular weight is 200 g/mol. The maximum atomic E-state index is 9.74. The lowest BCUT2D eigenvalue weighted by Crippen LogP contribution is -2.12. The Kier molecular flexibility index (Phi) is 4.58. The Hall–Kier alpha value is -1.60. The van der Waals surface area contributed by atoms with Gasteiger partial charge in [-0.25, -0.2) is 0 Å². The van der Waals surface area contributed by atoms with Crippen LogP contribution in [0.25, 0.3) is 6.08 Å². The molecule has 1 rings (SSSR count). The van der Waals surface area contributed by atoms with Crippen LogP contribution >= 0.6 is 0 Å². The summed E-state index contributed by atoms with van der Waals surface area (Å²) >= 11 is 0. The Labute approximate surface area is 91.1 Å². The van der Waals surface area contributed by atoms with Crippen molar-refractivity contribution < 1.29 is 5.11 Å². The van der Waals surface area contributed by atoms with Gasteiger partial charge in [-0.05, 0) is 5.56 Å². The number of rotatable bonds is 5. The van der Waals surface area contributed by atoms with Crippen molar-refractivity contribution in [2.45, 2.75) is 6.10 Å². The highest BCUT2D eigenvalue weighted by molar-refractivity contribution is 5.49. The summed E-state index contributed by atoms with van der Waals surface area (Å²) in [6, 6.07) is 9.86. The van der Waals surface area contributed by atoms with Crippen LogP contribution in [0.15, 0.2) is 61.7 Å². The molecule has 0 aromatic heterocycles. The molecule has 1 nitrogen and oxygen atoms in total. The first-order chi connectivity index (χ1) is 7.27. The third kappa shape index (κ3) is 3.56. The van der Waals surface area contributed by atoms with E-state index < -0.39 is 6.10 Å². The summed E-state index contributed by atoms with van der Waals surface area (Å²) in [6.07, 6.45) is 6.47. The van der Waals surface area contributed by atoms with Gasteiger partial charge in [-0.1, -0.05) is 54.6 Å². The van der Waals surface area contributed by atoms with Crippen molar-refractivity contribution in [2.24, 2.45) is 5.92 Å². The van der Waals surface area contributed by atoms with E-state index in [1.165, 1.54) is 0 Å². The minimum atomic E-state index is -0.555. The van der Waals surface area contributed by atoms with Crippen LogP contribution in [0.2, 0.25) is 0 Å². The fourth-order valence-corrected chi connectivity index (χ4v) is 1.28. The second-order valence-corrected chi connectivity index (χ2v) is 3.31. The predicted molar refractivity (Wildman–Crippen MR) is 65.4 cm³/mol. The van der Waals surface area contributed by atoms with E-state index in [-0.39, 0.29) is 5.92 Å². The summed E-state index contributed by atoms with van der Waals surface area (Å²) in [5, 5.41) is 9.74. The van der Waals surface area contributed by atoms with Crippen molar-refractivity contribution in [3.8, 4) is 0 Å². The number of hydrogen-bond donors (Lipinski definition) is 1. The largest absolute Gasteiger partial charge is 0.388 e. The van der Waals surface area contributed by atoms with E-state index in [0.717, 1.165) is 5.56 Å². The molecule has 1 heteroatoms. The van der Waals surface area contributed by atoms with Crippen molar-refractivity contribution in [2.75, 3.05) is 0 Å². The van der Waals surface area contributed by atoms with Gasteiger partial charge in [-0.15, -0.1) is 13.2 Å². The zero-order valence-corrected chi connectivity index (χ0v) is 8.71. The van der Waals surface area contributed by atoms with Gasteiger partial charge in [-0.3, -0.25) is 0 Å². The van der Waals surface area contributed by atoms with Crippen LogP contribution in [0.3, 0.4) is 0 Å². The first-order valence-corrected chi connectivity index (χ1v) is 4.94. The van der Waals surface area contributed by atoms with Crippen LogP contribution in [0, 0.1) is 5.92 Å². The SMILES string of the molecule is C=CC(C=C)C(O)/C=C/c1ccccc1. The van der Waals surface area contributed by atoms with E-state index in [1.54, 1.807) is 18.2 Å². The molecule has 0 fully saturated rings. The van der Waals surface area contributed by atoms with Gasteiger partial charge < -0.3 is 5.11 Å². The summed E-state index contributed by atoms with van der Waals surface area (Å²) in [7, 11) is 0. The zero-order chi connectivity index (χ0) is 11.1. The lowest BCUT2D eigenvalue weighted by atomic mass is 10.0. The molecule has 0 aliphatic rings. The molecule has 1 aromatic carbocycles. The van der Waals surface area contributed by atoms with Crippen LogP contribution in [-0.2, 0) is 0 Å². The molecule has 0 heterocycles. The van der Waals surface area contributed by atoms with Crippen molar-refractivity contribution in [3.63, 3.8) is 0 Å². The minimum absolute atomic E-state index is 0.0926. The second kappa shape index (κ2) is 5.99. The topological polar surface area (TPSA) is 20.2 Å². The standard InChI is InChI=1S/C14H16O/c1-3-13(4-2)14(15)11-10-12-8-6-5-7-9-12/h3-11,13-15H,1-2H2/b11-10+. The lowest BCUT2D eigenvalue weighted by Gasteiger charge is -2.10. The Morgan fingerprint density at radius 2 is 1.67 bits per heavy atom. The highest BCUT2D eigenvalue weighted by Crippen LogP contribution is 2.10. The molecule has 78 valence electrons. The van der Waals surface area contributed by atoms with Crippen molar-refractivity contribution in [1.82, 2.24) is 0 Å². The Balaban J connectivity index is 2.65. The molecule has 0 bridgehead atoms. The highest BCUT2D eigenvalue weighted by atomic mass is 16.3. The molecule has 0 aliphatic heterocycles. The van der Waals surface area contributed by atoms with Crippen LogP contribution in [0.5, 0.6) is 0 Å². The molecule has 15 heavy (non-hydrogen) atoms. The van der Waals surface area contributed by atoms with Gasteiger partial charge in [0, 0.05) is 5.92 Å². The average Bonchev–Trinajstić information content (AvgIpc) is 2.29. The monoisotopic (exact) mass is 200 g/mol. The van der Waals surface area contributed by atoms with Gasteiger partial charge in [0.15, 0.2) is 0 Å². The fraction of sp³-hybridized carbons (Fsp3) is 0.143. The van der Waals surface area contributed by atoms with Gasteiger partial charge in [-0.2, -0.15) is 0 Å². The van der Waals surface area contributed by atoms with Crippen LogP contribution in [-0.4, -0.2) is 11.2 Å². The van der Waals surface area contributed by atoms with Crippen molar-refractivity contribution in [1.29, 1.82) is 0 Å². The molecule has 0 amide bonds. The first kappa shape index (κ1) is 11.5. The molecule has 1 atom stereocenters. The Bertz CT molecular complexity index is 330. The Morgan fingerprint density at radius 3 is 2.20 bits per heavy atom. The van der Waals surface area contributed by atoms with Gasteiger partial charge in [0.1, 0.15) is 0 Å². The minimum Gasteiger partial charge on any atom is -0.388 e. The smallest absolute Gasteiger partial charge is 0.0821 e. The number of aliphatic hydroxyl groups excluding tert-OH is 1. The third-order valence-corrected chi connectivity index (χ3v) is 2.22. The van der Waals surface area contributed by atoms with Gasteiger partial charge in [0.05, 0.1) is 6.10 Å². The molecule has 1 N–H and O–H groups in total. The summed E-state index contributed by atoms with van der Waals surface area (Å²) in [4.78, 5) is 0. The molecule has 1 unspecified atom stereocenters. The maximum Gasteiger partial charge on any atom is 0.0821 e. The predicted octanol–water partition coefficient (Wildman–Crippen LogP) is 3.05. The van der Waals surface area contributed by atoms with Gasteiger partial charge in [0.2, 0.25) is 0 Å². The number of aliphatic hydroxyl groups is 1. The van der Waals surface area contributed by atoms with E-state index in [0.29, 0.717) is 0 Å². The van der Waals surface area contributed by atoms with Crippen LogP contribution < -0.4 is 0 Å². The number of hydrogen-bond acceptors (Lipinski definition) is 1. The van der Waals surface area contributed by atoms with E-state index in [1.807, 2.05) is 36.4 Å². The molecule has 0 aliphatic carbocycles. The zero-order valence-electron chi connectivity index (χ0n) is 8.71. The quantitative estimate of drug-likeness (QED) is 0.724. The first-order valence-electron chi connectivity index (χ1n) is 4.94. The van der Waals surface area contributed by atoms with Crippen molar-refractivity contribution in [3.05, 3.63) is 67.3 Å². The maximum absolute atomic E-state index is 9.74. The normalized spacial score (nSPS) is 12.9. The van der Waals surface area contributed by atoms with Crippen LogP contribution in [0.4, 0.5) is 0 Å². The molecule has 0 saturated heterocycles. The van der Waals surface area contributed by atoms with Gasteiger partial charge in [0.25, 0.3) is 0 Å². The summed E-state index contributed by atoms with van der Waals surface area (Å²) in [5.41, 5.74) is 1.07. The molecular formula is C14H16O. The summed E-state index contributed by atoms with van der Waals surface area (Å²) < 4.78 is 0. The van der Waals surface area contributed by atoms with E-state index in [9.17, 15) is 5.11 Å². The van der Waals surface area contributed by atoms with Crippen molar-refractivity contribution >= 4 is 6.08 Å².